The van der Waals surface area contributed by atoms with Gasteiger partial charge in [0.1, 0.15) is 5.82 Å². The minimum Gasteiger partial charge on any atom is -0.314 e. The maximum Gasteiger partial charge on any atom is 0.230 e. The van der Waals surface area contributed by atoms with Gasteiger partial charge in [-0.25, -0.2) is 12.8 Å². The Hall–Kier alpha value is -2.21. The van der Waals surface area contributed by atoms with Crippen molar-refractivity contribution in [2.24, 2.45) is 5.92 Å². The van der Waals surface area contributed by atoms with Crippen LogP contribution >= 0.6 is 0 Å². The van der Waals surface area contributed by atoms with Gasteiger partial charge in [-0.15, -0.1) is 0 Å². The van der Waals surface area contributed by atoms with Gasteiger partial charge in [0, 0.05) is 19.2 Å². The second-order valence-corrected chi connectivity index (χ2v) is 8.12. The molecule has 1 fully saturated rings. The number of para-hydroxylation sites is 1. The zero-order valence-corrected chi connectivity index (χ0v) is 14.3. The third-order valence-electron chi connectivity index (χ3n) is 4.36. The lowest BCUT2D eigenvalue weighted by atomic mass is 10.1. The summed E-state index contributed by atoms with van der Waals surface area (Å²) in [5, 5.41) is 0. The molecule has 3 rings (SSSR count). The number of carbonyl (C=O) groups excluding carboxylic acids is 1. The molecular weight excluding hydrogens is 329 g/mol. The molecule has 126 valence electrons. The average Bonchev–Trinajstić information content (AvgIpc) is 3.34. The smallest absolute Gasteiger partial charge is 0.230 e. The average molecular weight is 347 g/mol. The molecule has 1 aliphatic rings. The highest BCUT2D eigenvalue weighted by Crippen LogP contribution is 2.48. The topological polar surface area (TPSA) is 54.5 Å². The number of rotatable bonds is 4. The first-order valence-electron chi connectivity index (χ1n) is 7.61. The van der Waals surface area contributed by atoms with Crippen LogP contribution in [0.1, 0.15) is 17.9 Å². The van der Waals surface area contributed by atoms with Crippen LogP contribution in [0.2, 0.25) is 0 Å². The van der Waals surface area contributed by atoms with E-state index < -0.39 is 9.84 Å². The molecule has 0 N–H and O–H groups in total. The Morgan fingerprint density at radius 3 is 2.38 bits per heavy atom. The standard InChI is InChI=1S/C18H18FNO3S/c1-20(16-5-3-4-6-17(16)24(2,22)23)18(21)15-11-14(15)12-7-9-13(19)10-8-12/h3-10,14-15H,11H2,1-2H3/t14-,15+/m1/s1. The first-order chi connectivity index (χ1) is 11.3. The van der Waals surface area contributed by atoms with Crippen molar-refractivity contribution in [1.29, 1.82) is 0 Å². The molecule has 2 atom stereocenters. The Balaban J connectivity index is 1.81. The van der Waals surface area contributed by atoms with Crippen LogP contribution in [0.25, 0.3) is 0 Å². The minimum atomic E-state index is -3.42. The Bertz CT molecular complexity index is 877. The SMILES string of the molecule is CN(C(=O)[C@H]1C[C@@H]1c1ccc(F)cc1)c1ccccc1S(C)(=O)=O. The second kappa shape index (κ2) is 6.02. The molecule has 2 aromatic rings. The highest BCUT2D eigenvalue weighted by molar-refractivity contribution is 7.90. The second-order valence-electron chi connectivity index (χ2n) is 6.14. The number of nitrogens with zero attached hydrogens (tertiary/aromatic N) is 1. The number of hydrogen-bond donors (Lipinski definition) is 0. The summed E-state index contributed by atoms with van der Waals surface area (Å²) in [7, 11) is -1.83. The molecule has 1 saturated carbocycles. The fourth-order valence-corrected chi connectivity index (χ4v) is 3.87. The van der Waals surface area contributed by atoms with E-state index >= 15 is 0 Å². The molecule has 4 nitrogen and oxygen atoms in total. The van der Waals surface area contributed by atoms with Gasteiger partial charge in [0.15, 0.2) is 9.84 Å². The first-order valence-corrected chi connectivity index (χ1v) is 9.50. The zero-order chi connectivity index (χ0) is 17.5. The summed E-state index contributed by atoms with van der Waals surface area (Å²) in [6.45, 7) is 0. The highest BCUT2D eigenvalue weighted by atomic mass is 32.2. The maximum atomic E-state index is 13.0. The van der Waals surface area contributed by atoms with Crippen molar-refractivity contribution < 1.29 is 17.6 Å². The summed E-state index contributed by atoms with van der Waals surface area (Å²) < 4.78 is 36.8. The van der Waals surface area contributed by atoms with Crippen molar-refractivity contribution in [3.05, 3.63) is 59.9 Å². The summed E-state index contributed by atoms with van der Waals surface area (Å²) in [6, 6.07) is 12.6. The molecule has 0 aromatic heterocycles. The van der Waals surface area contributed by atoms with Gasteiger partial charge in [-0.05, 0) is 42.2 Å². The van der Waals surface area contributed by atoms with E-state index in [0.29, 0.717) is 12.1 Å². The quantitative estimate of drug-likeness (QED) is 0.854. The lowest BCUT2D eigenvalue weighted by Crippen LogP contribution is -2.29. The van der Waals surface area contributed by atoms with Gasteiger partial charge in [-0.1, -0.05) is 24.3 Å². The van der Waals surface area contributed by atoms with Crippen LogP contribution in [-0.4, -0.2) is 27.6 Å². The fourth-order valence-electron chi connectivity index (χ4n) is 2.96. The van der Waals surface area contributed by atoms with E-state index in [4.69, 9.17) is 0 Å². The molecule has 0 unspecified atom stereocenters. The van der Waals surface area contributed by atoms with Crippen molar-refractivity contribution in [1.82, 2.24) is 0 Å². The molecule has 2 aromatic carbocycles. The van der Waals surface area contributed by atoms with Gasteiger partial charge >= 0.3 is 0 Å². The van der Waals surface area contributed by atoms with Gasteiger partial charge < -0.3 is 4.90 Å². The van der Waals surface area contributed by atoms with Gasteiger partial charge in [0.2, 0.25) is 5.91 Å². The van der Waals surface area contributed by atoms with Crippen LogP contribution in [-0.2, 0) is 14.6 Å². The molecule has 0 spiro atoms. The molecule has 0 bridgehead atoms. The van der Waals surface area contributed by atoms with Crippen LogP contribution in [0, 0.1) is 11.7 Å². The molecule has 1 aliphatic carbocycles. The molecule has 0 radical (unpaired) electrons. The van der Waals surface area contributed by atoms with Crippen LogP contribution in [0.5, 0.6) is 0 Å². The number of amides is 1. The molecule has 0 saturated heterocycles. The molecule has 1 amide bonds. The predicted octanol–water partition coefficient (Wildman–Crippen LogP) is 3.00. The van der Waals surface area contributed by atoms with Crippen LogP contribution in [0.15, 0.2) is 53.4 Å². The Morgan fingerprint density at radius 1 is 1.12 bits per heavy atom. The van der Waals surface area contributed by atoms with Crippen molar-refractivity contribution in [2.45, 2.75) is 17.2 Å². The molecule has 0 aliphatic heterocycles. The van der Waals surface area contributed by atoms with Crippen LogP contribution < -0.4 is 4.90 Å². The molecule has 6 heteroatoms. The molecule has 24 heavy (non-hydrogen) atoms. The van der Waals surface area contributed by atoms with E-state index in [0.717, 1.165) is 11.8 Å². The number of anilines is 1. The minimum absolute atomic E-state index is 0.0611. The zero-order valence-electron chi connectivity index (χ0n) is 13.4. The van der Waals surface area contributed by atoms with Crippen molar-refractivity contribution in [2.75, 3.05) is 18.2 Å². The normalized spacial score (nSPS) is 19.8. The summed E-state index contributed by atoms with van der Waals surface area (Å²) in [5.41, 5.74) is 1.31. The van der Waals surface area contributed by atoms with Crippen LogP contribution in [0.3, 0.4) is 0 Å². The Morgan fingerprint density at radius 2 is 1.75 bits per heavy atom. The van der Waals surface area contributed by atoms with Crippen molar-refractivity contribution >= 4 is 21.4 Å². The number of hydrogen-bond acceptors (Lipinski definition) is 3. The van der Waals surface area contributed by atoms with Gasteiger partial charge in [-0.3, -0.25) is 4.79 Å². The Labute approximate surface area is 140 Å². The predicted molar refractivity (Wildman–Crippen MR) is 90.2 cm³/mol. The summed E-state index contributed by atoms with van der Waals surface area (Å²) in [5.74, 6) is -0.569. The lowest BCUT2D eigenvalue weighted by Gasteiger charge is -2.20. The first kappa shape index (κ1) is 16.6. The Kier molecular flexibility index (Phi) is 4.17. The number of halogens is 1. The summed E-state index contributed by atoms with van der Waals surface area (Å²) >= 11 is 0. The van der Waals surface area contributed by atoms with E-state index in [-0.39, 0.29) is 28.5 Å². The number of benzene rings is 2. The van der Waals surface area contributed by atoms with Crippen molar-refractivity contribution in [3.63, 3.8) is 0 Å². The van der Waals surface area contributed by atoms with Crippen LogP contribution in [0.4, 0.5) is 10.1 Å². The maximum absolute atomic E-state index is 13.0. The van der Waals surface area contributed by atoms with E-state index in [2.05, 4.69) is 0 Å². The molecular formula is C18H18FNO3S. The molecule has 0 heterocycles. The van der Waals surface area contributed by atoms with E-state index in [1.807, 2.05) is 0 Å². The number of carbonyl (C=O) groups is 1. The largest absolute Gasteiger partial charge is 0.314 e. The number of sulfone groups is 1. The van der Waals surface area contributed by atoms with Gasteiger partial charge in [0.05, 0.1) is 10.6 Å². The summed E-state index contributed by atoms with van der Waals surface area (Å²) in [6.07, 6.45) is 1.82. The van der Waals surface area contributed by atoms with E-state index in [1.165, 1.54) is 23.1 Å². The lowest BCUT2D eigenvalue weighted by molar-refractivity contribution is -0.119. The monoisotopic (exact) mass is 347 g/mol. The fraction of sp³-hybridized carbons (Fsp3) is 0.278. The third kappa shape index (κ3) is 3.19. The third-order valence-corrected chi connectivity index (χ3v) is 5.51. The highest BCUT2D eigenvalue weighted by Gasteiger charge is 2.45. The summed E-state index contributed by atoms with van der Waals surface area (Å²) in [4.78, 5) is 14.2. The van der Waals surface area contributed by atoms with Gasteiger partial charge in [0.25, 0.3) is 0 Å². The van der Waals surface area contributed by atoms with E-state index in [9.17, 15) is 17.6 Å². The van der Waals surface area contributed by atoms with Crippen molar-refractivity contribution in [3.8, 4) is 0 Å². The van der Waals surface area contributed by atoms with E-state index in [1.54, 1.807) is 37.4 Å². The van der Waals surface area contributed by atoms with Gasteiger partial charge in [-0.2, -0.15) is 0 Å².